The van der Waals surface area contributed by atoms with Gasteiger partial charge in [-0.1, -0.05) is 54.1 Å². The summed E-state index contributed by atoms with van der Waals surface area (Å²) in [6, 6.07) is 17.2. The van der Waals surface area contributed by atoms with Crippen LogP contribution < -0.4 is 10.6 Å². The molecule has 194 valence electrons. The van der Waals surface area contributed by atoms with Gasteiger partial charge in [-0.15, -0.1) is 0 Å². The Hall–Kier alpha value is -2.41. The standard InChI is InChI=1S/C14H20ClNO2.C14H21NO2/c1-14(2,3)16-9-11(8-13(17)18)10-4-6-12(15)7-5-10;1-14(2,3)15-10-12(9-13(16)17)11-7-5-4-6-8-11/h4-7,11,16H,8-9H2,1-3H3,(H,17,18);4-8,12,15H,9-10H2,1-3H3,(H,16,17). The van der Waals surface area contributed by atoms with Gasteiger partial charge in [0.1, 0.15) is 0 Å². The van der Waals surface area contributed by atoms with Crippen LogP contribution in [0.15, 0.2) is 54.6 Å². The van der Waals surface area contributed by atoms with Gasteiger partial charge < -0.3 is 20.8 Å². The molecule has 0 saturated heterocycles. The quantitative estimate of drug-likeness (QED) is 0.320. The Morgan fingerprint density at radius 3 is 1.43 bits per heavy atom. The van der Waals surface area contributed by atoms with E-state index in [2.05, 4.69) is 52.2 Å². The van der Waals surface area contributed by atoms with Crippen LogP contribution in [0.1, 0.15) is 77.3 Å². The van der Waals surface area contributed by atoms with Gasteiger partial charge in [0.25, 0.3) is 0 Å². The van der Waals surface area contributed by atoms with Crippen LogP contribution in [0.25, 0.3) is 0 Å². The van der Waals surface area contributed by atoms with Crippen LogP contribution in [0, 0.1) is 0 Å². The Bertz CT molecular complexity index is 903. The molecular weight excluding hydrogens is 464 g/mol. The Kier molecular flexibility index (Phi) is 12.4. The number of benzene rings is 2. The van der Waals surface area contributed by atoms with Crippen molar-refractivity contribution in [2.24, 2.45) is 0 Å². The number of halogens is 1. The van der Waals surface area contributed by atoms with Crippen molar-refractivity contribution in [1.29, 1.82) is 0 Å². The molecule has 4 N–H and O–H groups in total. The van der Waals surface area contributed by atoms with Gasteiger partial charge in [-0.05, 0) is 64.8 Å². The summed E-state index contributed by atoms with van der Waals surface area (Å²) in [5.74, 6) is -1.56. The molecule has 7 heteroatoms. The van der Waals surface area contributed by atoms with E-state index in [0.717, 1.165) is 11.1 Å². The van der Waals surface area contributed by atoms with E-state index in [1.165, 1.54) is 0 Å². The third-order valence-corrected chi connectivity index (χ3v) is 5.46. The maximum atomic E-state index is 10.9. The number of carbonyl (C=O) groups is 2. The van der Waals surface area contributed by atoms with Crippen molar-refractivity contribution in [1.82, 2.24) is 10.6 Å². The predicted octanol–water partition coefficient (Wildman–Crippen LogP) is 5.92. The maximum absolute atomic E-state index is 10.9. The molecule has 2 rings (SSSR count). The number of carboxylic acid groups (broad SMARTS) is 2. The zero-order valence-electron chi connectivity index (χ0n) is 21.8. The third kappa shape index (κ3) is 14.6. The van der Waals surface area contributed by atoms with E-state index in [0.29, 0.717) is 18.1 Å². The van der Waals surface area contributed by atoms with Crippen molar-refractivity contribution in [3.8, 4) is 0 Å². The molecule has 0 heterocycles. The Morgan fingerprint density at radius 2 is 1.09 bits per heavy atom. The zero-order chi connectivity index (χ0) is 26.6. The van der Waals surface area contributed by atoms with Crippen molar-refractivity contribution < 1.29 is 19.8 Å². The lowest BCUT2D eigenvalue weighted by atomic mass is 9.94. The van der Waals surface area contributed by atoms with Gasteiger partial charge in [-0.3, -0.25) is 9.59 Å². The van der Waals surface area contributed by atoms with E-state index < -0.39 is 11.9 Å². The molecule has 0 radical (unpaired) electrons. The van der Waals surface area contributed by atoms with Crippen molar-refractivity contribution >= 4 is 23.5 Å². The van der Waals surface area contributed by atoms with Gasteiger partial charge in [0.15, 0.2) is 0 Å². The lowest BCUT2D eigenvalue weighted by Crippen LogP contribution is -2.39. The molecule has 6 nitrogen and oxygen atoms in total. The van der Waals surface area contributed by atoms with E-state index >= 15 is 0 Å². The second kappa shape index (κ2) is 14.2. The van der Waals surface area contributed by atoms with Crippen LogP contribution in [0.5, 0.6) is 0 Å². The van der Waals surface area contributed by atoms with Crippen LogP contribution in [0.2, 0.25) is 5.02 Å². The molecule has 0 aromatic heterocycles. The minimum Gasteiger partial charge on any atom is -0.481 e. The molecule has 0 spiro atoms. The van der Waals surface area contributed by atoms with E-state index in [-0.39, 0.29) is 35.8 Å². The first-order valence-electron chi connectivity index (χ1n) is 11.9. The van der Waals surface area contributed by atoms with E-state index in [4.69, 9.17) is 21.8 Å². The van der Waals surface area contributed by atoms with Gasteiger partial charge in [0, 0.05) is 41.0 Å². The second-order valence-corrected chi connectivity index (χ2v) is 11.3. The maximum Gasteiger partial charge on any atom is 0.304 e. The molecule has 0 aliphatic rings. The molecule has 0 saturated carbocycles. The normalized spacial score (nSPS) is 13.3. The highest BCUT2D eigenvalue weighted by Gasteiger charge is 2.19. The van der Waals surface area contributed by atoms with Gasteiger partial charge in [0.2, 0.25) is 0 Å². The largest absolute Gasteiger partial charge is 0.481 e. The summed E-state index contributed by atoms with van der Waals surface area (Å²) in [5, 5.41) is 25.3. The van der Waals surface area contributed by atoms with E-state index in [9.17, 15) is 9.59 Å². The van der Waals surface area contributed by atoms with Crippen molar-refractivity contribution in [3.63, 3.8) is 0 Å². The minimum absolute atomic E-state index is 0.00549. The molecule has 0 aliphatic heterocycles. The summed E-state index contributed by atoms with van der Waals surface area (Å²) < 4.78 is 0. The topological polar surface area (TPSA) is 98.7 Å². The van der Waals surface area contributed by atoms with Crippen molar-refractivity contribution in [2.45, 2.75) is 77.3 Å². The molecular formula is C28H41ClN2O4. The monoisotopic (exact) mass is 504 g/mol. The Labute approximate surface area is 215 Å². The number of hydrogen-bond acceptors (Lipinski definition) is 4. The molecule has 2 unspecified atom stereocenters. The third-order valence-electron chi connectivity index (χ3n) is 5.21. The predicted molar refractivity (Wildman–Crippen MR) is 143 cm³/mol. The van der Waals surface area contributed by atoms with Crippen molar-refractivity contribution in [2.75, 3.05) is 13.1 Å². The second-order valence-electron chi connectivity index (χ2n) is 10.8. The molecule has 0 amide bonds. The molecule has 0 bridgehead atoms. The lowest BCUT2D eigenvalue weighted by Gasteiger charge is -2.25. The van der Waals surface area contributed by atoms with Gasteiger partial charge in [-0.2, -0.15) is 0 Å². The molecule has 35 heavy (non-hydrogen) atoms. The van der Waals surface area contributed by atoms with Gasteiger partial charge in [0.05, 0.1) is 12.8 Å². The first-order chi connectivity index (χ1) is 16.2. The van der Waals surface area contributed by atoms with Gasteiger partial charge in [-0.25, -0.2) is 0 Å². The molecule has 2 aromatic rings. The van der Waals surface area contributed by atoms with Crippen molar-refractivity contribution in [3.05, 3.63) is 70.7 Å². The molecule has 0 fully saturated rings. The average molecular weight is 505 g/mol. The number of aliphatic carboxylic acids is 2. The van der Waals surface area contributed by atoms with Crippen LogP contribution in [0.3, 0.4) is 0 Å². The fourth-order valence-electron chi connectivity index (χ4n) is 3.36. The first kappa shape index (κ1) is 30.6. The van der Waals surface area contributed by atoms with E-state index in [1.807, 2.05) is 42.5 Å². The number of hydrogen-bond donors (Lipinski definition) is 4. The summed E-state index contributed by atoms with van der Waals surface area (Å²) in [7, 11) is 0. The SMILES string of the molecule is CC(C)(C)NCC(CC(=O)O)c1ccc(Cl)cc1.CC(C)(C)NCC(CC(=O)O)c1ccccc1. The van der Waals surface area contributed by atoms with E-state index in [1.54, 1.807) is 12.1 Å². The summed E-state index contributed by atoms with van der Waals surface area (Å²) in [4.78, 5) is 21.8. The van der Waals surface area contributed by atoms with Gasteiger partial charge >= 0.3 is 11.9 Å². The summed E-state index contributed by atoms with van der Waals surface area (Å²) in [6.07, 6.45) is 0.276. The highest BCUT2D eigenvalue weighted by molar-refractivity contribution is 6.30. The van der Waals surface area contributed by atoms with Crippen LogP contribution >= 0.6 is 11.6 Å². The lowest BCUT2D eigenvalue weighted by molar-refractivity contribution is -0.138. The molecule has 2 atom stereocenters. The molecule has 0 aliphatic carbocycles. The summed E-state index contributed by atoms with van der Waals surface area (Å²) in [6.45, 7) is 13.7. The van der Waals surface area contributed by atoms with Crippen LogP contribution in [-0.2, 0) is 9.59 Å². The number of rotatable bonds is 10. The Morgan fingerprint density at radius 1 is 0.714 bits per heavy atom. The zero-order valence-corrected chi connectivity index (χ0v) is 22.5. The van der Waals surface area contributed by atoms with Crippen LogP contribution in [0.4, 0.5) is 0 Å². The highest BCUT2D eigenvalue weighted by Crippen LogP contribution is 2.22. The fraction of sp³-hybridized carbons (Fsp3) is 0.500. The smallest absolute Gasteiger partial charge is 0.304 e. The van der Waals surface area contributed by atoms with Crippen LogP contribution in [-0.4, -0.2) is 46.3 Å². The highest BCUT2D eigenvalue weighted by atomic mass is 35.5. The molecule has 2 aromatic carbocycles. The Balaban J connectivity index is 0.000000351. The average Bonchev–Trinajstić information content (AvgIpc) is 2.74. The number of nitrogens with one attached hydrogen (secondary N) is 2. The minimum atomic E-state index is -0.786. The number of carboxylic acids is 2. The fourth-order valence-corrected chi connectivity index (χ4v) is 3.48. The first-order valence-corrected chi connectivity index (χ1v) is 12.3. The summed E-state index contributed by atoms with van der Waals surface area (Å²) in [5.41, 5.74) is 2.06. The summed E-state index contributed by atoms with van der Waals surface area (Å²) >= 11 is 5.84.